The molecule has 162 valence electrons. The predicted octanol–water partition coefficient (Wildman–Crippen LogP) is 3.16. The number of hydrogen-bond donors (Lipinski definition) is 0. The van der Waals surface area contributed by atoms with E-state index in [9.17, 15) is 9.18 Å². The van der Waals surface area contributed by atoms with Crippen molar-refractivity contribution in [2.75, 3.05) is 33.4 Å². The Morgan fingerprint density at radius 2 is 2.20 bits per heavy atom. The van der Waals surface area contributed by atoms with E-state index in [-0.39, 0.29) is 17.6 Å². The zero-order valence-corrected chi connectivity index (χ0v) is 17.9. The molecule has 0 spiro atoms. The number of carbonyl (C=O) groups excluding carboxylic acids is 1. The van der Waals surface area contributed by atoms with Crippen LogP contribution in [0.15, 0.2) is 24.3 Å². The number of ether oxygens (including phenoxy) is 1. The van der Waals surface area contributed by atoms with Gasteiger partial charge in [0.1, 0.15) is 5.82 Å². The third-order valence-corrected chi connectivity index (χ3v) is 6.39. The summed E-state index contributed by atoms with van der Waals surface area (Å²) in [5, 5.41) is 4.89. The molecule has 1 saturated carbocycles. The lowest BCUT2D eigenvalue weighted by Gasteiger charge is -2.32. The Bertz CT molecular complexity index is 893. The maximum absolute atomic E-state index is 13.9. The number of rotatable bonds is 8. The fourth-order valence-electron chi connectivity index (χ4n) is 4.32. The first-order valence-corrected chi connectivity index (χ1v) is 11.0. The van der Waals surface area contributed by atoms with Gasteiger partial charge in [-0.05, 0) is 37.6 Å². The minimum absolute atomic E-state index is 0.134. The van der Waals surface area contributed by atoms with E-state index in [0.29, 0.717) is 19.7 Å². The van der Waals surface area contributed by atoms with Gasteiger partial charge in [-0.3, -0.25) is 9.69 Å². The van der Waals surface area contributed by atoms with Gasteiger partial charge in [0.25, 0.3) is 0 Å². The second-order valence-electron chi connectivity index (χ2n) is 8.26. The number of amides is 1. The highest BCUT2D eigenvalue weighted by atomic mass is 19.1. The highest BCUT2D eigenvalue weighted by molar-refractivity contribution is 5.79. The van der Waals surface area contributed by atoms with Crippen molar-refractivity contribution in [1.29, 1.82) is 0 Å². The van der Waals surface area contributed by atoms with Crippen LogP contribution < -0.4 is 0 Å². The van der Waals surface area contributed by atoms with Crippen molar-refractivity contribution in [3.63, 3.8) is 0 Å². The molecule has 2 aliphatic rings. The molecule has 2 aromatic rings. The number of fused-ring (bicyclic) bond motifs is 1. The van der Waals surface area contributed by atoms with Crippen molar-refractivity contribution in [3.8, 4) is 5.69 Å². The summed E-state index contributed by atoms with van der Waals surface area (Å²) in [4.78, 5) is 17.3. The van der Waals surface area contributed by atoms with Crippen LogP contribution in [0.3, 0.4) is 0 Å². The molecule has 6 nitrogen and oxygen atoms in total. The Kier molecular flexibility index (Phi) is 6.49. The number of halogens is 1. The molecule has 0 unspecified atom stereocenters. The summed E-state index contributed by atoms with van der Waals surface area (Å²) in [6.07, 6.45) is 3.94. The highest BCUT2D eigenvalue weighted by Crippen LogP contribution is 2.30. The molecule has 0 bridgehead atoms. The van der Waals surface area contributed by atoms with Gasteiger partial charge in [0, 0.05) is 44.6 Å². The number of benzene rings is 1. The summed E-state index contributed by atoms with van der Waals surface area (Å²) in [7, 11) is 1.66. The molecule has 2 heterocycles. The standard InChI is InChI=1S/C23H31FN4O2/c1-3-26-11-10-22-20(15-26)21(25-28(22)19-9-5-8-18(24)14-19)16-27(12-13-30-2)23(29)17-6-4-7-17/h5,8-9,14,17H,3-4,6-7,10-13,15-16H2,1-2H3. The van der Waals surface area contributed by atoms with Crippen LogP contribution in [0.4, 0.5) is 4.39 Å². The second kappa shape index (κ2) is 9.27. The molecule has 1 aromatic carbocycles. The lowest BCUT2D eigenvalue weighted by Crippen LogP contribution is -2.40. The van der Waals surface area contributed by atoms with Crippen LogP contribution in [0.25, 0.3) is 5.69 Å². The molecule has 1 aliphatic heterocycles. The van der Waals surface area contributed by atoms with Crippen LogP contribution in [0.1, 0.15) is 43.1 Å². The molecule has 0 N–H and O–H groups in total. The smallest absolute Gasteiger partial charge is 0.226 e. The fourth-order valence-corrected chi connectivity index (χ4v) is 4.32. The van der Waals surface area contributed by atoms with E-state index in [1.165, 1.54) is 17.7 Å². The molecule has 0 saturated heterocycles. The van der Waals surface area contributed by atoms with E-state index in [1.807, 2.05) is 15.6 Å². The quantitative estimate of drug-likeness (QED) is 0.666. The van der Waals surface area contributed by atoms with E-state index in [4.69, 9.17) is 9.84 Å². The average Bonchev–Trinajstić information content (AvgIpc) is 3.07. The third kappa shape index (κ3) is 4.27. The number of hydrogen-bond acceptors (Lipinski definition) is 4. The number of aromatic nitrogens is 2. The van der Waals surface area contributed by atoms with Crippen LogP contribution in [0.5, 0.6) is 0 Å². The van der Waals surface area contributed by atoms with Crippen molar-refractivity contribution in [3.05, 3.63) is 47.0 Å². The SMILES string of the molecule is CCN1CCc2c(c(CN(CCOC)C(=O)C3CCC3)nn2-c2cccc(F)c2)C1. The lowest BCUT2D eigenvalue weighted by molar-refractivity contribution is -0.139. The number of methoxy groups -OCH3 is 1. The van der Waals surface area contributed by atoms with Crippen molar-refractivity contribution < 1.29 is 13.9 Å². The van der Waals surface area contributed by atoms with Crippen molar-refractivity contribution in [2.24, 2.45) is 5.92 Å². The summed E-state index contributed by atoms with van der Waals surface area (Å²) < 4.78 is 21.0. The molecule has 30 heavy (non-hydrogen) atoms. The largest absolute Gasteiger partial charge is 0.383 e. The molecule has 0 atom stereocenters. The molecule has 0 radical (unpaired) electrons. The molecule has 1 aliphatic carbocycles. The summed E-state index contributed by atoms with van der Waals surface area (Å²) in [6, 6.07) is 6.56. The molecule has 1 fully saturated rings. The fraction of sp³-hybridized carbons (Fsp3) is 0.565. The lowest BCUT2D eigenvalue weighted by atomic mass is 9.84. The van der Waals surface area contributed by atoms with Crippen LogP contribution in [-0.2, 0) is 29.0 Å². The first kappa shape index (κ1) is 21.0. The van der Waals surface area contributed by atoms with Gasteiger partial charge in [0.05, 0.1) is 30.2 Å². The highest BCUT2D eigenvalue weighted by Gasteiger charge is 2.32. The minimum Gasteiger partial charge on any atom is -0.383 e. The molecule has 7 heteroatoms. The van der Waals surface area contributed by atoms with Crippen LogP contribution in [-0.4, -0.2) is 58.8 Å². The first-order chi connectivity index (χ1) is 14.6. The van der Waals surface area contributed by atoms with Gasteiger partial charge in [-0.25, -0.2) is 9.07 Å². The van der Waals surface area contributed by atoms with E-state index >= 15 is 0 Å². The summed E-state index contributed by atoms with van der Waals surface area (Å²) in [6.45, 7) is 6.44. The normalized spacial score (nSPS) is 16.9. The summed E-state index contributed by atoms with van der Waals surface area (Å²) in [5.74, 6) is 0.0665. The van der Waals surface area contributed by atoms with Crippen molar-refractivity contribution >= 4 is 5.91 Å². The first-order valence-electron chi connectivity index (χ1n) is 11.0. The number of likely N-dealkylation sites (N-methyl/N-ethyl adjacent to an activating group) is 1. The summed E-state index contributed by atoms with van der Waals surface area (Å²) >= 11 is 0. The predicted molar refractivity (Wildman–Crippen MR) is 113 cm³/mol. The van der Waals surface area contributed by atoms with Crippen molar-refractivity contribution in [2.45, 2.75) is 45.7 Å². The van der Waals surface area contributed by atoms with E-state index < -0.39 is 0 Å². The van der Waals surface area contributed by atoms with Gasteiger partial charge >= 0.3 is 0 Å². The Balaban J connectivity index is 1.67. The zero-order chi connectivity index (χ0) is 21.1. The molecular weight excluding hydrogens is 383 g/mol. The second-order valence-corrected chi connectivity index (χ2v) is 8.26. The molecular formula is C23H31FN4O2. The number of nitrogens with zero attached hydrogens (tertiary/aromatic N) is 4. The molecule has 1 aromatic heterocycles. The maximum Gasteiger partial charge on any atom is 0.226 e. The van der Waals surface area contributed by atoms with E-state index in [0.717, 1.165) is 62.4 Å². The molecule has 1 amide bonds. The Labute approximate surface area is 177 Å². The van der Waals surface area contributed by atoms with Crippen LogP contribution in [0, 0.1) is 11.7 Å². The van der Waals surface area contributed by atoms with Crippen LogP contribution in [0.2, 0.25) is 0 Å². The van der Waals surface area contributed by atoms with Crippen LogP contribution >= 0.6 is 0 Å². The Morgan fingerprint density at radius 3 is 2.87 bits per heavy atom. The Hall–Kier alpha value is -2.25. The summed E-state index contributed by atoms with van der Waals surface area (Å²) in [5.41, 5.74) is 3.95. The van der Waals surface area contributed by atoms with E-state index in [2.05, 4.69) is 11.8 Å². The van der Waals surface area contributed by atoms with Gasteiger partial charge in [-0.15, -0.1) is 0 Å². The number of carbonyl (C=O) groups is 1. The van der Waals surface area contributed by atoms with Gasteiger partial charge in [0.15, 0.2) is 0 Å². The van der Waals surface area contributed by atoms with E-state index in [1.54, 1.807) is 13.2 Å². The van der Waals surface area contributed by atoms with Gasteiger partial charge in [-0.2, -0.15) is 5.10 Å². The average molecular weight is 415 g/mol. The minimum atomic E-state index is -0.272. The van der Waals surface area contributed by atoms with Gasteiger partial charge in [0.2, 0.25) is 5.91 Å². The zero-order valence-electron chi connectivity index (χ0n) is 17.9. The Morgan fingerprint density at radius 1 is 1.37 bits per heavy atom. The van der Waals surface area contributed by atoms with Gasteiger partial charge < -0.3 is 9.64 Å². The molecule has 4 rings (SSSR count). The monoisotopic (exact) mass is 414 g/mol. The third-order valence-electron chi connectivity index (χ3n) is 6.39. The maximum atomic E-state index is 13.9. The van der Waals surface area contributed by atoms with Crippen molar-refractivity contribution in [1.82, 2.24) is 19.6 Å². The topological polar surface area (TPSA) is 50.6 Å². The van der Waals surface area contributed by atoms with Gasteiger partial charge in [-0.1, -0.05) is 19.4 Å².